The summed E-state index contributed by atoms with van der Waals surface area (Å²) in [7, 11) is 0. The van der Waals surface area contributed by atoms with Gasteiger partial charge in [0, 0.05) is 16.6 Å². The van der Waals surface area contributed by atoms with Gasteiger partial charge in [0.15, 0.2) is 6.10 Å². The molecule has 1 aromatic carbocycles. The van der Waals surface area contributed by atoms with Crippen LogP contribution in [-0.2, 0) is 11.3 Å². The van der Waals surface area contributed by atoms with Crippen molar-refractivity contribution in [1.82, 2.24) is 5.32 Å². The molecule has 20 heavy (non-hydrogen) atoms. The Bertz CT molecular complexity index is 449. The molecule has 0 heterocycles. The molecular weight excluding hydrogens is 320 g/mol. The highest BCUT2D eigenvalue weighted by molar-refractivity contribution is 9.10. The van der Waals surface area contributed by atoms with Gasteiger partial charge in [-0.3, -0.25) is 4.79 Å². The minimum atomic E-state index is -0.583. The number of rotatable bonds is 8. The lowest BCUT2D eigenvalue weighted by Gasteiger charge is -2.18. The van der Waals surface area contributed by atoms with E-state index in [1.807, 2.05) is 25.1 Å². The Morgan fingerprint density at radius 2 is 2.15 bits per heavy atom. The molecule has 4 nitrogen and oxygen atoms in total. The van der Waals surface area contributed by atoms with Crippen molar-refractivity contribution >= 4 is 21.8 Å². The van der Waals surface area contributed by atoms with E-state index in [0.717, 1.165) is 16.6 Å². The van der Waals surface area contributed by atoms with Crippen LogP contribution in [0.1, 0.15) is 32.8 Å². The second kappa shape index (κ2) is 8.27. The molecule has 1 amide bonds. The molecule has 1 rings (SSSR count). The molecular formula is C15H23BrN2O2. The molecule has 0 aliphatic carbocycles. The second-order valence-electron chi connectivity index (χ2n) is 5.19. The first-order valence-corrected chi connectivity index (χ1v) is 7.68. The lowest BCUT2D eigenvalue weighted by molar-refractivity contribution is -0.124. The van der Waals surface area contributed by atoms with Crippen molar-refractivity contribution in [1.29, 1.82) is 0 Å². The van der Waals surface area contributed by atoms with E-state index in [4.69, 9.17) is 10.5 Å². The van der Waals surface area contributed by atoms with Crippen molar-refractivity contribution < 1.29 is 9.53 Å². The molecule has 0 aromatic heterocycles. The molecule has 0 radical (unpaired) electrons. The van der Waals surface area contributed by atoms with Gasteiger partial charge in [0.25, 0.3) is 5.91 Å². The number of halogens is 1. The fourth-order valence-corrected chi connectivity index (χ4v) is 2.20. The number of primary amides is 1. The lowest BCUT2D eigenvalue weighted by Crippen LogP contribution is -2.33. The summed E-state index contributed by atoms with van der Waals surface area (Å²) in [5.41, 5.74) is 6.34. The third-order valence-corrected chi connectivity index (χ3v) is 3.34. The summed E-state index contributed by atoms with van der Waals surface area (Å²) in [6.07, 6.45) is -0.0235. The summed E-state index contributed by atoms with van der Waals surface area (Å²) in [6, 6.07) is 5.76. The number of nitrogens with two attached hydrogens (primary N) is 1. The van der Waals surface area contributed by atoms with E-state index >= 15 is 0 Å². The Labute approximate surface area is 129 Å². The van der Waals surface area contributed by atoms with Crippen LogP contribution < -0.4 is 15.8 Å². The first kappa shape index (κ1) is 17.0. The highest BCUT2D eigenvalue weighted by Crippen LogP contribution is 2.24. The number of ether oxygens (including phenoxy) is 1. The maximum absolute atomic E-state index is 11.3. The van der Waals surface area contributed by atoms with Gasteiger partial charge >= 0.3 is 0 Å². The van der Waals surface area contributed by atoms with E-state index in [-0.39, 0.29) is 0 Å². The van der Waals surface area contributed by atoms with Crippen LogP contribution in [0.5, 0.6) is 5.75 Å². The number of carbonyl (C=O) groups is 1. The maximum Gasteiger partial charge on any atom is 0.258 e. The lowest BCUT2D eigenvalue weighted by atomic mass is 10.1. The van der Waals surface area contributed by atoms with Crippen LogP contribution in [0, 0.1) is 5.92 Å². The van der Waals surface area contributed by atoms with Gasteiger partial charge in [-0.2, -0.15) is 0 Å². The van der Waals surface area contributed by atoms with Gasteiger partial charge in [-0.05, 0) is 37.1 Å². The standard InChI is InChI=1S/C15H23BrN2O2/c1-4-13(15(17)19)20-14-6-5-12(16)7-11(14)9-18-8-10(2)3/h5-7,10,13,18H,4,8-9H2,1-3H3,(H2,17,19). The molecule has 0 aliphatic rings. The number of amides is 1. The van der Waals surface area contributed by atoms with Gasteiger partial charge in [0.2, 0.25) is 0 Å². The van der Waals surface area contributed by atoms with Gasteiger partial charge in [-0.25, -0.2) is 0 Å². The molecule has 1 unspecified atom stereocenters. The highest BCUT2D eigenvalue weighted by Gasteiger charge is 2.16. The van der Waals surface area contributed by atoms with Crippen molar-refractivity contribution in [2.24, 2.45) is 11.7 Å². The molecule has 112 valence electrons. The largest absolute Gasteiger partial charge is 0.480 e. The molecule has 1 atom stereocenters. The number of hydrogen-bond donors (Lipinski definition) is 2. The number of hydrogen-bond acceptors (Lipinski definition) is 3. The monoisotopic (exact) mass is 342 g/mol. The van der Waals surface area contributed by atoms with E-state index in [0.29, 0.717) is 24.6 Å². The minimum absolute atomic E-state index is 0.434. The summed E-state index contributed by atoms with van der Waals surface area (Å²) >= 11 is 3.45. The molecule has 0 spiro atoms. The number of nitrogens with one attached hydrogen (secondary N) is 1. The van der Waals surface area contributed by atoms with E-state index in [1.54, 1.807) is 0 Å². The summed E-state index contributed by atoms with van der Waals surface area (Å²) in [4.78, 5) is 11.3. The zero-order chi connectivity index (χ0) is 15.1. The van der Waals surface area contributed by atoms with Crippen LogP contribution in [0.4, 0.5) is 0 Å². The van der Waals surface area contributed by atoms with Crippen LogP contribution in [0.2, 0.25) is 0 Å². The van der Waals surface area contributed by atoms with Gasteiger partial charge in [0.1, 0.15) is 5.75 Å². The molecule has 3 N–H and O–H groups in total. The average molecular weight is 343 g/mol. The number of carbonyl (C=O) groups excluding carboxylic acids is 1. The maximum atomic E-state index is 11.3. The SMILES string of the molecule is CCC(Oc1ccc(Br)cc1CNCC(C)C)C(N)=O. The second-order valence-corrected chi connectivity index (χ2v) is 6.11. The first-order valence-electron chi connectivity index (χ1n) is 6.89. The van der Waals surface area contributed by atoms with Crippen molar-refractivity contribution in [2.75, 3.05) is 6.54 Å². The van der Waals surface area contributed by atoms with Crippen LogP contribution in [0.15, 0.2) is 22.7 Å². The summed E-state index contributed by atoms with van der Waals surface area (Å²) in [5.74, 6) is 0.854. The Morgan fingerprint density at radius 1 is 1.45 bits per heavy atom. The zero-order valence-corrected chi connectivity index (χ0v) is 13.9. The van der Waals surface area contributed by atoms with Crippen LogP contribution in [0.25, 0.3) is 0 Å². The molecule has 5 heteroatoms. The Morgan fingerprint density at radius 3 is 2.70 bits per heavy atom. The third-order valence-electron chi connectivity index (χ3n) is 2.85. The van der Waals surface area contributed by atoms with Crippen LogP contribution >= 0.6 is 15.9 Å². The summed E-state index contributed by atoms with van der Waals surface area (Å²) in [6.45, 7) is 7.82. The molecule has 0 fully saturated rings. The summed E-state index contributed by atoms with van der Waals surface area (Å²) in [5, 5.41) is 3.37. The van der Waals surface area contributed by atoms with Crippen LogP contribution in [0.3, 0.4) is 0 Å². The fraction of sp³-hybridized carbons (Fsp3) is 0.533. The predicted molar refractivity (Wildman–Crippen MR) is 84.6 cm³/mol. The number of benzene rings is 1. The Balaban J connectivity index is 2.81. The highest BCUT2D eigenvalue weighted by atomic mass is 79.9. The predicted octanol–water partition coefficient (Wildman–Crippen LogP) is 2.84. The fourth-order valence-electron chi connectivity index (χ4n) is 1.79. The van der Waals surface area contributed by atoms with Crippen molar-refractivity contribution in [3.05, 3.63) is 28.2 Å². The van der Waals surface area contributed by atoms with E-state index in [9.17, 15) is 4.79 Å². The molecule has 0 saturated heterocycles. The van der Waals surface area contributed by atoms with E-state index < -0.39 is 12.0 Å². The quantitative estimate of drug-likeness (QED) is 0.763. The summed E-state index contributed by atoms with van der Waals surface area (Å²) < 4.78 is 6.72. The Kier molecular flexibility index (Phi) is 7.02. The van der Waals surface area contributed by atoms with Gasteiger partial charge in [-0.15, -0.1) is 0 Å². The van der Waals surface area contributed by atoms with E-state index in [2.05, 4.69) is 35.1 Å². The van der Waals surface area contributed by atoms with Crippen molar-refractivity contribution in [2.45, 2.75) is 39.8 Å². The van der Waals surface area contributed by atoms with E-state index in [1.165, 1.54) is 0 Å². The average Bonchev–Trinajstić information content (AvgIpc) is 2.37. The van der Waals surface area contributed by atoms with Crippen molar-refractivity contribution in [3.63, 3.8) is 0 Å². The van der Waals surface area contributed by atoms with Gasteiger partial charge in [-0.1, -0.05) is 36.7 Å². The first-order chi connectivity index (χ1) is 9.43. The zero-order valence-electron chi connectivity index (χ0n) is 12.3. The molecule has 0 saturated carbocycles. The smallest absolute Gasteiger partial charge is 0.258 e. The molecule has 1 aromatic rings. The normalized spacial score (nSPS) is 12.4. The Hall–Kier alpha value is -1.07. The van der Waals surface area contributed by atoms with Crippen molar-refractivity contribution in [3.8, 4) is 5.75 Å². The topological polar surface area (TPSA) is 64.3 Å². The minimum Gasteiger partial charge on any atom is -0.480 e. The molecule has 0 bridgehead atoms. The third kappa shape index (κ3) is 5.51. The molecule has 0 aliphatic heterocycles. The van der Waals surface area contributed by atoms with Crippen LogP contribution in [-0.4, -0.2) is 18.6 Å². The van der Waals surface area contributed by atoms with Gasteiger partial charge < -0.3 is 15.8 Å². The van der Waals surface area contributed by atoms with Gasteiger partial charge in [0.05, 0.1) is 0 Å².